The van der Waals surface area contributed by atoms with Gasteiger partial charge in [-0.1, -0.05) is 23.9 Å². The molecule has 1 aromatic carbocycles. The highest BCUT2D eigenvalue weighted by atomic mass is 32.2. The number of hydrogen-bond donors (Lipinski definition) is 0. The lowest BCUT2D eigenvalue weighted by atomic mass is 9.97. The Hall–Kier alpha value is -2.12. The van der Waals surface area contributed by atoms with Crippen LogP contribution in [0.2, 0.25) is 0 Å². The Balaban J connectivity index is 2.00. The first-order valence-electron chi connectivity index (χ1n) is 9.80. The molecule has 0 bridgehead atoms. The maximum atomic E-state index is 13.8. The number of rotatable bonds is 4. The van der Waals surface area contributed by atoms with Crippen LogP contribution in [0.25, 0.3) is 15.9 Å². The van der Waals surface area contributed by atoms with E-state index in [9.17, 15) is 9.59 Å². The van der Waals surface area contributed by atoms with Crippen molar-refractivity contribution in [2.45, 2.75) is 56.9 Å². The molecule has 0 radical (unpaired) electrons. The molecule has 5 nitrogen and oxygen atoms in total. The van der Waals surface area contributed by atoms with Crippen molar-refractivity contribution in [3.05, 3.63) is 50.1 Å². The van der Waals surface area contributed by atoms with Gasteiger partial charge in [-0.05, 0) is 69.2 Å². The summed E-state index contributed by atoms with van der Waals surface area (Å²) >= 11 is 2.90. The lowest BCUT2D eigenvalue weighted by Crippen LogP contribution is -2.25. The average Bonchev–Trinajstić information content (AvgIpc) is 3.08. The van der Waals surface area contributed by atoms with Crippen molar-refractivity contribution in [1.82, 2.24) is 9.55 Å². The maximum absolute atomic E-state index is 13.8. The van der Waals surface area contributed by atoms with Crippen LogP contribution in [0.15, 0.2) is 28.2 Å². The summed E-state index contributed by atoms with van der Waals surface area (Å²) < 4.78 is 6.58. The molecule has 1 atom stereocenters. The zero-order chi connectivity index (χ0) is 20.7. The van der Waals surface area contributed by atoms with Crippen LogP contribution in [-0.2, 0) is 22.4 Å². The van der Waals surface area contributed by atoms with Crippen molar-refractivity contribution in [1.29, 1.82) is 0 Å². The van der Waals surface area contributed by atoms with E-state index in [0.29, 0.717) is 5.16 Å². The number of nitrogens with zero attached hydrogens (tertiary/aromatic N) is 2. The molecule has 0 saturated carbocycles. The van der Waals surface area contributed by atoms with Crippen molar-refractivity contribution < 1.29 is 9.53 Å². The molecule has 152 valence electrons. The van der Waals surface area contributed by atoms with E-state index >= 15 is 0 Å². The molecule has 2 aromatic heterocycles. The fourth-order valence-corrected chi connectivity index (χ4v) is 6.06. The topological polar surface area (TPSA) is 61.2 Å². The highest BCUT2D eigenvalue weighted by molar-refractivity contribution is 8.00. The second-order valence-corrected chi connectivity index (χ2v) is 9.89. The predicted octanol–water partition coefficient (Wildman–Crippen LogP) is 4.60. The quantitative estimate of drug-likeness (QED) is 0.345. The fraction of sp³-hybridized carbons (Fsp3) is 0.409. The predicted molar refractivity (Wildman–Crippen MR) is 119 cm³/mol. The van der Waals surface area contributed by atoms with Crippen LogP contribution in [0, 0.1) is 13.8 Å². The molecule has 0 N–H and O–H groups in total. The number of esters is 1. The van der Waals surface area contributed by atoms with Crippen molar-refractivity contribution in [3.8, 4) is 5.69 Å². The van der Waals surface area contributed by atoms with E-state index in [2.05, 4.69) is 0 Å². The summed E-state index contributed by atoms with van der Waals surface area (Å²) in [5.74, 6) is -0.331. The second kappa shape index (κ2) is 7.95. The van der Waals surface area contributed by atoms with Gasteiger partial charge in [-0.25, -0.2) is 4.98 Å². The number of ether oxygens (including phenoxy) is 1. The molecule has 0 spiro atoms. The number of thioether (sulfide) groups is 1. The average molecular weight is 429 g/mol. The van der Waals surface area contributed by atoms with E-state index in [1.54, 1.807) is 22.8 Å². The molecule has 0 amide bonds. The lowest BCUT2D eigenvalue weighted by Gasteiger charge is -2.17. The Labute approximate surface area is 178 Å². The van der Waals surface area contributed by atoms with Gasteiger partial charge in [0.1, 0.15) is 10.1 Å². The number of aryl methyl sites for hydroxylation is 4. The van der Waals surface area contributed by atoms with Crippen LogP contribution in [0.3, 0.4) is 0 Å². The lowest BCUT2D eigenvalue weighted by molar-refractivity contribution is -0.139. The molecule has 4 rings (SSSR count). The van der Waals surface area contributed by atoms with Crippen LogP contribution in [0.1, 0.15) is 41.3 Å². The zero-order valence-corrected chi connectivity index (χ0v) is 18.7. The normalized spacial score (nSPS) is 14.6. The number of benzene rings is 1. The van der Waals surface area contributed by atoms with E-state index in [4.69, 9.17) is 9.72 Å². The molecule has 1 unspecified atom stereocenters. The summed E-state index contributed by atoms with van der Waals surface area (Å²) in [5, 5.41) is 0.823. The Morgan fingerprint density at radius 1 is 1.28 bits per heavy atom. The molecule has 1 aliphatic rings. The number of carbonyl (C=O) groups is 1. The molecule has 2 heterocycles. The fourth-order valence-electron chi connectivity index (χ4n) is 3.81. The van der Waals surface area contributed by atoms with Crippen molar-refractivity contribution >= 4 is 39.3 Å². The number of fused-ring (bicyclic) bond motifs is 3. The summed E-state index contributed by atoms with van der Waals surface area (Å²) in [6.07, 6.45) is 4.22. The van der Waals surface area contributed by atoms with Gasteiger partial charge in [0.15, 0.2) is 5.16 Å². The highest BCUT2D eigenvalue weighted by Crippen LogP contribution is 2.36. The number of thiophene rings is 1. The molecule has 0 aliphatic heterocycles. The third kappa shape index (κ3) is 3.62. The molecule has 1 aliphatic carbocycles. The van der Waals surface area contributed by atoms with Crippen LogP contribution in [-0.4, -0.2) is 27.9 Å². The Kier molecular flexibility index (Phi) is 5.53. The number of methoxy groups -OCH3 is 1. The van der Waals surface area contributed by atoms with E-state index in [0.717, 1.165) is 52.7 Å². The summed E-state index contributed by atoms with van der Waals surface area (Å²) in [7, 11) is 1.38. The van der Waals surface area contributed by atoms with Crippen LogP contribution in [0.4, 0.5) is 0 Å². The zero-order valence-electron chi connectivity index (χ0n) is 17.1. The van der Waals surface area contributed by atoms with E-state index in [1.807, 2.05) is 32.0 Å². The largest absolute Gasteiger partial charge is 0.468 e. The Bertz CT molecular complexity index is 1160. The number of aromatic nitrogens is 2. The van der Waals surface area contributed by atoms with Crippen LogP contribution in [0.5, 0.6) is 0 Å². The summed E-state index contributed by atoms with van der Waals surface area (Å²) in [6.45, 7) is 5.78. The second-order valence-electron chi connectivity index (χ2n) is 7.50. The number of hydrogen-bond acceptors (Lipinski definition) is 6. The van der Waals surface area contributed by atoms with Gasteiger partial charge in [0.05, 0.1) is 18.2 Å². The molecule has 3 aromatic rings. The van der Waals surface area contributed by atoms with Gasteiger partial charge in [0.25, 0.3) is 5.56 Å². The molecule has 0 fully saturated rings. The Morgan fingerprint density at radius 2 is 2.03 bits per heavy atom. The molecule has 7 heteroatoms. The van der Waals surface area contributed by atoms with Gasteiger partial charge < -0.3 is 4.74 Å². The van der Waals surface area contributed by atoms with E-state index in [1.165, 1.54) is 29.3 Å². The first-order chi connectivity index (χ1) is 13.9. The van der Waals surface area contributed by atoms with Crippen molar-refractivity contribution in [2.24, 2.45) is 0 Å². The minimum atomic E-state index is -0.463. The van der Waals surface area contributed by atoms with Crippen LogP contribution < -0.4 is 5.56 Å². The maximum Gasteiger partial charge on any atom is 0.318 e. The molecule has 0 saturated heterocycles. The van der Waals surface area contributed by atoms with Gasteiger partial charge in [-0.3, -0.25) is 14.2 Å². The molecular weight excluding hydrogens is 404 g/mol. The van der Waals surface area contributed by atoms with Gasteiger partial charge in [0.2, 0.25) is 0 Å². The van der Waals surface area contributed by atoms with E-state index in [-0.39, 0.29) is 11.5 Å². The minimum absolute atomic E-state index is 0.0392. The highest BCUT2D eigenvalue weighted by Gasteiger charge is 2.25. The standard InChI is InChI=1S/C22H24N2O3S2/c1-12-9-10-13(2)16(11-12)24-20(25)18-15-7-5-6-8-17(15)29-19(18)23-22(24)28-14(3)21(26)27-4/h9-11,14H,5-8H2,1-4H3. The minimum Gasteiger partial charge on any atom is -0.468 e. The monoisotopic (exact) mass is 428 g/mol. The molecular formula is C22H24N2O3S2. The third-order valence-corrected chi connectivity index (χ3v) is 7.60. The SMILES string of the molecule is COC(=O)C(C)Sc1nc2sc3c(c2c(=O)n1-c1cc(C)ccc1C)CCCC3. The van der Waals surface area contributed by atoms with Gasteiger partial charge >= 0.3 is 5.97 Å². The van der Waals surface area contributed by atoms with Gasteiger partial charge in [-0.15, -0.1) is 11.3 Å². The summed E-state index contributed by atoms with van der Waals surface area (Å²) in [4.78, 5) is 32.8. The first kappa shape index (κ1) is 20.2. The third-order valence-electron chi connectivity index (χ3n) is 5.38. The first-order valence-corrected chi connectivity index (χ1v) is 11.5. The molecule has 29 heavy (non-hydrogen) atoms. The smallest absolute Gasteiger partial charge is 0.318 e. The van der Waals surface area contributed by atoms with E-state index < -0.39 is 5.25 Å². The Morgan fingerprint density at radius 3 is 2.79 bits per heavy atom. The van der Waals surface area contributed by atoms with Crippen molar-refractivity contribution in [3.63, 3.8) is 0 Å². The van der Waals surface area contributed by atoms with Crippen molar-refractivity contribution in [2.75, 3.05) is 7.11 Å². The van der Waals surface area contributed by atoms with Crippen LogP contribution >= 0.6 is 23.1 Å². The summed E-state index contributed by atoms with van der Waals surface area (Å²) in [5.41, 5.74) is 4.02. The van der Waals surface area contributed by atoms with Gasteiger partial charge in [-0.2, -0.15) is 0 Å². The summed E-state index contributed by atoms with van der Waals surface area (Å²) in [6, 6.07) is 6.06. The number of carbonyl (C=O) groups excluding carboxylic acids is 1. The van der Waals surface area contributed by atoms with Gasteiger partial charge in [0, 0.05) is 4.88 Å².